The van der Waals surface area contributed by atoms with Crippen LogP contribution in [0.15, 0.2) is 48.5 Å². The Morgan fingerprint density at radius 3 is 1.22 bits per heavy atom. The number of Topliss-reactive ketones (excluding diaryl/α,β-unsaturated/α-hetero) is 4. The highest BCUT2D eigenvalue weighted by Gasteiger charge is 2.30. The van der Waals surface area contributed by atoms with Crippen LogP contribution in [0, 0.1) is 5.41 Å². The highest BCUT2D eigenvalue weighted by molar-refractivity contribution is 7.64. The van der Waals surface area contributed by atoms with Crippen molar-refractivity contribution in [3.05, 3.63) is 70.8 Å². The molecule has 6 heteroatoms. The number of rotatable bonds is 14. The molecule has 2 aromatic carbocycles. The number of carbonyl (C=O) groups is 4. The molecule has 264 valence electrons. The topological polar surface area (TPSA) is 85.3 Å². The molecule has 0 fully saturated rings. The summed E-state index contributed by atoms with van der Waals surface area (Å²) in [6.07, 6.45) is 6.62. The third kappa shape index (κ3) is 18.5. The monoisotopic (exact) mass is 660 g/mol. The van der Waals surface area contributed by atoms with Gasteiger partial charge in [0.1, 0.15) is 0 Å². The van der Waals surface area contributed by atoms with Gasteiger partial charge >= 0.3 is 0 Å². The predicted octanol–water partition coefficient (Wildman–Crippen LogP) is 12.6. The molecule has 0 spiro atoms. The van der Waals surface area contributed by atoms with E-state index in [1.807, 2.05) is 27.4 Å². The fourth-order valence-corrected chi connectivity index (χ4v) is 5.59. The van der Waals surface area contributed by atoms with Gasteiger partial charge in [-0.05, 0) is 44.7 Å². The first kappa shape index (κ1) is 50.2. The third-order valence-electron chi connectivity index (χ3n) is 7.64. The van der Waals surface area contributed by atoms with Crippen LogP contribution < -0.4 is 0 Å². The van der Waals surface area contributed by atoms with E-state index in [2.05, 4.69) is 27.7 Å². The standard InChI is InChI=1S/C20H31O3P.C16H22O2.4CH4/c1-6-7-9-18(21)16-11-13-17(14-12-16)19(22)10-8-15-24(5,23)20(2,3)4;1-12(17)13-7-9-14(10-8-13)15(18)6-5-11-16(2,3)4;;;;/h11-14H,6-10,15H2,1-5H3;7-10H,5-6,11H2,1-4H3;4*1H4. The van der Waals surface area contributed by atoms with Crippen molar-refractivity contribution < 1.29 is 23.7 Å². The summed E-state index contributed by atoms with van der Waals surface area (Å²) in [5.74, 6) is 0.375. The van der Waals surface area contributed by atoms with E-state index in [0.717, 1.165) is 25.7 Å². The first-order valence-electron chi connectivity index (χ1n) is 15.3. The molecule has 46 heavy (non-hydrogen) atoms. The summed E-state index contributed by atoms with van der Waals surface area (Å²) in [4.78, 5) is 47.3. The lowest BCUT2D eigenvalue weighted by molar-refractivity contribution is 0.0968. The Hall–Kier alpha value is -2.65. The minimum Gasteiger partial charge on any atom is -0.323 e. The van der Waals surface area contributed by atoms with Gasteiger partial charge in [-0.3, -0.25) is 19.2 Å². The summed E-state index contributed by atoms with van der Waals surface area (Å²) >= 11 is 0. The number of hydrogen-bond acceptors (Lipinski definition) is 5. The van der Waals surface area contributed by atoms with Crippen LogP contribution in [0.1, 0.15) is 178 Å². The summed E-state index contributed by atoms with van der Waals surface area (Å²) < 4.78 is 12.6. The van der Waals surface area contributed by atoms with Crippen molar-refractivity contribution >= 4 is 30.3 Å². The molecule has 1 atom stereocenters. The lowest BCUT2D eigenvalue weighted by Gasteiger charge is -2.27. The quantitative estimate of drug-likeness (QED) is 0.149. The lowest BCUT2D eigenvalue weighted by Crippen LogP contribution is -2.16. The molecule has 2 aromatic rings. The molecule has 1 unspecified atom stereocenters. The SMILES string of the molecule is C.C.C.C.CC(=O)c1ccc(C(=O)CCCC(C)(C)C)cc1.CCCCC(=O)c1ccc(C(=O)CCCP(C)(=O)C(C)(C)C)cc1. The lowest BCUT2D eigenvalue weighted by atomic mass is 9.89. The van der Waals surface area contributed by atoms with E-state index < -0.39 is 7.14 Å². The molecule has 0 aliphatic carbocycles. The van der Waals surface area contributed by atoms with Crippen molar-refractivity contribution in [1.29, 1.82) is 0 Å². The second-order valence-electron chi connectivity index (χ2n) is 13.6. The average Bonchev–Trinajstić information content (AvgIpc) is 2.90. The van der Waals surface area contributed by atoms with Crippen LogP contribution in [0.2, 0.25) is 0 Å². The van der Waals surface area contributed by atoms with Gasteiger partial charge < -0.3 is 4.57 Å². The van der Waals surface area contributed by atoms with Crippen LogP contribution in [0.25, 0.3) is 0 Å². The molecule has 0 aliphatic heterocycles. The van der Waals surface area contributed by atoms with Crippen LogP contribution >= 0.6 is 7.14 Å². The maximum atomic E-state index is 12.6. The van der Waals surface area contributed by atoms with E-state index in [4.69, 9.17) is 0 Å². The Morgan fingerprint density at radius 2 is 0.913 bits per heavy atom. The van der Waals surface area contributed by atoms with Gasteiger partial charge in [0, 0.05) is 52.8 Å². The van der Waals surface area contributed by atoms with Crippen LogP contribution in [0.3, 0.4) is 0 Å². The maximum Gasteiger partial charge on any atom is 0.162 e. The molecule has 0 radical (unpaired) electrons. The Labute approximate surface area is 284 Å². The fourth-order valence-electron chi connectivity index (χ4n) is 4.16. The summed E-state index contributed by atoms with van der Waals surface area (Å²) in [7, 11) is -2.25. The predicted molar refractivity (Wildman–Crippen MR) is 203 cm³/mol. The minimum absolute atomic E-state index is 0. The van der Waals surface area contributed by atoms with E-state index in [1.165, 1.54) is 6.92 Å². The molecule has 0 saturated heterocycles. The Kier molecular flexibility index (Phi) is 24.9. The second-order valence-corrected chi connectivity index (χ2v) is 17.6. The third-order valence-corrected chi connectivity index (χ3v) is 11.6. The summed E-state index contributed by atoms with van der Waals surface area (Å²) in [6.45, 7) is 17.9. The van der Waals surface area contributed by atoms with E-state index in [1.54, 1.807) is 48.5 Å². The number of hydrogen-bond donors (Lipinski definition) is 0. The zero-order valence-corrected chi connectivity index (χ0v) is 28.4. The van der Waals surface area contributed by atoms with Crippen molar-refractivity contribution in [2.75, 3.05) is 12.8 Å². The molecular formula is C40H69O5P. The Morgan fingerprint density at radius 1 is 0.587 bits per heavy atom. The Bertz CT molecular complexity index is 1230. The van der Waals surface area contributed by atoms with Crippen LogP contribution in [-0.4, -0.2) is 41.1 Å². The molecule has 0 bridgehead atoms. The number of unbranched alkanes of at least 4 members (excludes halogenated alkanes) is 1. The first-order valence-corrected chi connectivity index (χ1v) is 17.6. The summed E-state index contributed by atoms with van der Waals surface area (Å²) in [5, 5.41) is -0.212. The summed E-state index contributed by atoms with van der Waals surface area (Å²) in [5.41, 5.74) is 2.93. The molecule has 0 N–H and O–H groups in total. The maximum absolute atomic E-state index is 12.6. The zero-order valence-electron chi connectivity index (χ0n) is 27.5. The zero-order chi connectivity index (χ0) is 32.1. The molecule has 0 aromatic heterocycles. The summed E-state index contributed by atoms with van der Waals surface area (Å²) in [6, 6.07) is 13.9. The molecule has 2 rings (SSSR count). The van der Waals surface area contributed by atoms with Gasteiger partial charge in [-0.25, -0.2) is 0 Å². The molecule has 0 saturated carbocycles. The van der Waals surface area contributed by atoms with Crippen LogP contribution in [0.4, 0.5) is 0 Å². The van der Waals surface area contributed by atoms with Crippen molar-refractivity contribution in [3.63, 3.8) is 0 Å². The molecule has 0 aliphatic rings. The van der Waals surface area contributed by atoms with Gasteiger partial charge in [-0.2, -0.15) is 0 Å². The van der Waals surface area contributed by atoms with E-state index >= 15 is 0 Å². The average molecular weight is 661 g/mol. The van der Waals surface area contributed by atoms with Crippen molar-refractivity contribution in [3.8, 4) is 0 Å². The molecule has 5 nitrogen and oxygen atoms in total. The van der Waals surface area contributed by atoms with Gasteiger partial charge in [0.25, 0.3) is 0 Å². The minimum atomic E-state index is -2.25. The normalized spacial score (nSPS) is 11.8. The fraction of sp³-hybridized carbons (Fsp3) is 0.600. The molecule has 0 heterocycles. The van der Waals surface area contributed by atoms with Gasteiger partial charge in [0.15, 0.2) is 23.1 Å². The first-order chi connectivity index (χ1) is 19.4. The molecular weight excluding hydrogens is 591 g/mol. The second kappa shape index (κ2) is 22.8. The largest absolute Gasteiger partial charge is 0.323 e. The highest BCUT2D eigenvalue weighted by atomic mass is 31.2. The van der Waals surface area contributed by atoms with E-state index in [-0.39, 0.29) is 63.4 Å². The van der Waals surface area contributed by atoms with Crippen molar-refractivity contribution in [2.45, 2.75) is 142 Å². The Balaban J connectivity index is -0.000000364. The van der Waals surface area contributed by atoms with E-state index in [0.29, 0.717) is 54.1 Å². The number of ketones is 4. The number of carbonyl (C=O) groups excluding carboxylic acids is 4. The van der Waals surface area contributed by atoms with Gasteiger partial charge in [0.05, 0.1) is 7.14 Å². The van der Waals surface area contributed by atoms with Crippen molar-refractivity contribution in [1.82, 2.24) is 0 Å². The van der Waals surface area contributed by atoms with Gasteiger partial charge in [-0.15, -0.1) is 0 Å². The molecule has 0 amide bonds. The van der Waals surface area contributed by atoms with Gasteiger partial charge in [0.2, 0.25) is 0 Å². The highest BCUT2D eigenvalue weighted by Crippen LogP contribution is 2.54. The van der Waals surface area contributed by atoms with Crippen LogP contribution in [0.5, 0.6) is 0 Å². The number of benzene rings is 2. The van der Waals surface area contributed by atoms with E-state index in [9.17, 15) is 23.7 Å². The van der Waals surface area contributed by atoms with Crippen molar-refractivity contribution in [2.24, 2.45) is 5.41 Å². The van der Waals surface area contributed by atoms with Gasteiger partial charge in [-0.1, -0.05) is 133 Å². The van der Waals surface area contributed by atoms with Crippen LogP contribution in [-0.2, 0) is 4.57 Å². The smallest absolute Gasteiger partial charge is 0.162 e.